The number of hydrogen-bond acceptors (Lipinski definition) is 2. The molecule has 3 rings (SSSR count). The van der Waals surface area contributed by atoms with E-state index in [4.69, 9.17) is 5.73 Å². The Labute approximate surface area is 125 Å². The predicted molar refractivity (Wildman–Crippen MR) is 85.5 cm³/mol. The topological polar surface area (TPSA) is 29.3 Å². The summed E-state index contributed by atoms with van der Waals surface area (Å²) in [6.07, 6.45) is 10.1. The van der Waals surface area contributed by atoms with Crippen LogP contribution < -0.4 is 5.73 Å². The van der Waals surface area contributed by atoms with E-state index in [1.54, 1.807) is 0 Å². The van der Waals surface area contributed by atoms with Gasteiger partial charge in [-0.1, -0.05) is 33.1 Å². The number of rotatable bonds is 2. The van der Waals surface area contributed by atoms with Crippen molar-refractivity contribution in [2.45, 2.75) is 64.8 Å². The lowest BCUT2D eigenvalue weighted by molar-refractivity contribution is 0.0499. The minimum atomic E-state index is 0.442. The smallest absolute Gasteiger partial charge is 0.00844 e. The normalized spacial score (nSPS) is 47.0. The first-order chi connectivity index (χ1) is 9.63. The highest BCUT2D eigenvalue weighted by Crippen LogP contribution is 2.38. The number of likely N-dealkylation sites (tertiary alicyclic amines) is 1. The molecule has 0 spiro atoms. The number of piperidine rings is 1. The molecular formula is C18H34N2. The average Bonchev–Trinajstić information content (AvgIpc) is 2.42. The van der Waals surface area contributed by atoms with Crippen LogP contribution in [0.3, 0.4) is 0 Å². The van der Waals surface area contributed by atoms with Crippen molar-refractivity contribution in [3.8, 4) is 0 Å². The minimum Gasteiger partial charge on any atom is -0.327 e. The molecule has 0 radical (unpaired) electrons. The van der Waals surface area contributed by atoms with Crippen LogP contribution >= 0.6 is 0 Å². The molecule has 1 heterocycles. The molecule has 2 N–H and O–H groups in total. The molecule has 116 valence electrons. The van der Waals surface area contributed by atoms with Gasteiger partial charge in [-0.05, 0) is 61.8 Å². The van der Waals surface area contributed by atoms with Gasteiger partial charge in [0.15, 0.2) is 0 Å². The van der Waals surface area contributed by atoms with Crippen molar-refractivity contribution < 1.29 is 0 Å². The van der Waals surface area contributed by atoms with E-state index in [2.05, 4.69) is 18.7 Å². The van der Waals surface area contributed by atoms with Crippen molar-refractivity contribution in [3.05, 3.63) is 0 Å². The molecule has 3 fully saturated rings. The third-order valence-corrected chi connectivity index (χ3v) is 6.57. The molecule has 0 aromatic rings. The van der Waals surface area contributed by atoms with Gasteiger partial charge < -0.3 is 10.6 Å². The van der Waals surface area contributed by atoms with Gasteiger partial charge in [0.25, 0.3) is 0 Å². The van der Waals surface area contributed by atoms with E-state index in [1.165, 1.54) is 64.6 Å². The van der Waals surface area contributed by atoms with E-state index in [1.807, 2.05) is 0 Å². The van der Waals surface area contributed by atoms with Crippen molar-refractivity contribution in [1.29, 1.82) is 0 Å². The van der Waals surface area contributed by atoms with Crippen molar-refractivity contribution in [2.75, 3.05) is 19.6 Å². The third-order valence-electron chi connectivity index (χ3n) is 6.57. The number of nitrogens with zero attached hydrogens (tertiary/aromatic N) is 1. The zero-order chi connectivity index (χ0) is 14.1. The van der Waals surface area contributed by atoms with Gasteiger partial charge >= 0.3 is 0 Å². The van der Waals surface area contributed by atoms with Crippen LogP contribution in [0.15, 0.2) is 0 Å². The second-order valence-corrected chi connectivity index (χ2v) is 8.23. The van der Waals surface area contributed by atoms with Gasteiger partial charge in [-0.25, -0.2) is 0 Å². The zero-order valence-corrected chi connectivity index (χ0v) is 13.6. The van der Waals surface area contributed by atoms with Crippen LogP contribution in [0.2, 0.25) is 0 Å². The van der Waals surface area contributed by atoms with Crippen LogP contribution in [0.5, 0.6) is 0 Å². The van der Waals surface area contributed by atoms with Gasteiger partial charge in [0.2, 0.25) is 0 Å². The molecule has 1 aliphatic heterocycles. The highest BCUT2D eigenvalue weighted by Gasteiger charge is 2.36. The number of fused-ring (bicyclic) bond motifs is 1. The van der Waals surface area contributed by atoms with Gasteiger partial charge in [-0.15, -0.1) is 0 Å². The Balaban J connectivity index is 1.55. The third kappa shape index (κ3) is 3.22. The summed E-state index contributed by atoms with van der Waals surface area (Å²) in [4.78, 5) is 2.77. The molecule has 3 aliphatic rings. The summed E-state index contributed by atoms with van der Waals surface area (Å²) >= 11 is 0. The summed E-state index contributed by atoms with van der Waals surface area (Å²) in [6, 6.07) is 0.442. The SMILES string of the molecule is CC1CC(C)C(CN2CCC3CCCCC3C2)C(N)C1. The Hall–Kier alpha value is -0.0800. The summed E-state index contributed by atoms with van der Waals surface area (Å²) in [5.41, 5.74) is 6.48. The first-order valence-electron chi connectivity index (χ1n) is 9.11. The fourth-order valence-electron chi connectivity index (χ4n) is 5.42. The van der Waals surface area contributed by atoms with Gasteiger partial charge in [0.1, 0.15) is 0 Å². The molecule has 2 saturated carbocycles. The summed E-state index contributed by atoms with van der Waals surface area (Å²) in [5, 5.41) is 0. The summed E-state index contributed by atoms with van der Waals surface area (Å²) in [6.45, 7) is 8.80. The Kier molecular flexibility index (Phi) is 4.72. The lowest BCUT2D eigenvalue weighted by Crippen LogP contribution is -2.50. The Morgan fingerprint density at radius 3 is 2.50 bits per heavy atom. The first kappa shape index (κ1) is 14.8. The molecule has 6 atom stereocenters. The summed E-state index contributed by atoms with van der Waals surface area (Å²) in [7, 11) is 0. The van der Waals surface area contributed by atoms with Crippen molar-refractivity contribution in [1.82, 2.24) is 4.90 Å². The van der Waals surface area contributed by atoms with Crippen LogP contribution in [-0.2, 0) is 0 Å². The van der Waals surface area contributed by atoms with Gasteiger partial charge in [-0.2, -0.15) is 0 Å². The van der Waals surface area contributed by atoms with Crippen LogP contribution in [0.4, 0.5) is 0 Å². The van der Waals surface area contributed by atoms with E-state index in [0.29, 0.717) is 6.04 Å². The summed E-state index contributed by atoms with van der Waals surface area (Å²) < 4.78 is 0. The fourth-order valence-corrected chi connectivity index (χ4v) is 5.42. The van der Waals surface area contributed by atoms with Gasteiger partial charge in [0, 0.05) is 19.1 Å². The van der Waals surface area contributed by atoms with Crippen molar-refractivity contribution >= 4 is 0 Å². The maximum Gasteiger partial charge on any atom is 0.00844 e. The van der Waals surface area contributed by atoms with Gasteiger partial charge in [0.05, 0.1) is 0 Å². The van der Waals surface area contributed by atoms with Gasteiger partial charge in [-0.3, -0.25) is 0 Å². The molecule has 0 bridgehead atoms. The highest BCUT2D eigenvalue weighted by atomic mass is 15.1. The maximum absolute atomic E-state index is 6.48. The van der Waals surface area contributed by atoms with Crippen LogP contribution in [0.25, 0.3) is 0 Å². The van der Waals surface area contributed by atoms with E-state index in [0.717, 1.165) is 29.6 Å². The van der Waals surface area contributed by atoms with Crippen LogP contribution in [-0.4, -0.2) is 30.6 Å². The van der Waals surface area contributed by atoms with Crippen LogP contribution in [0.1, 0.15) is 58.8 Å². The standard InChI is InChI=1S/C18H34N2/c1-13-9-14(2)17(18(19)10-13)12-20-8-7-15-5-3-4-6-16(15)11-20/h13-18H,3-12,19H2,1-2H3. The fraction of sp³-hybridized carbons (Fsp3) is 1.00. The van der Waals surface area contributed by atoms with E-state index in [-0.39, 0.29) is 0 Å². The van der Waals surface area contributed by atoms with Crippen LogP contribution in [0, 0.1) is 29.6 Å². The monoisotopic (exact) mass is 278 g/mol. The molecule has 2 heteroatoms. The highest BCUT2D eigenvalue weighted by molar-refractivity contribution is 4.90. The molecule has 1 saturated heterocycles. The maximum atomic E-state index is 6.48. The predicted octanol–water partition coefficient (Wildman–Crippen LogP) is 3.51. The molecule has 2 nitrogen and oxygen atoms in total. The second-order valence-electron chi connectivity index (χ2n) is 8.23. The number of nitrogens with two attached hydrogens (primary N) is 1. The molecular weight excluding hydrogens is 244 g/mol. The molecule has 20 heavy (non-hydrogen) atoms. The van der Waals surface area contributed by atoms with E-state index < -0.39 is 0 Å². The number of hydrogen-bond donors (Lipinski definition) is 1. The molecule has 0 aromatic heterocycles. The lowest BCUT2D eigenvalue weighted by Gasteiger charge is -2.45. The minimum absolute atomic E-state index is 0.442. The lowest BCUT2D eigenvalue weighted by atomic mass is 9.71. The second kappa shape index (κ2) is 6.36. The van der Waals surface area contributed by atoms with E-state index >= 15 is 0 Å². The van der Waals surface area contributed by atoms with Crippen molar-refractivity contribution in [2.24, 2.45) is 35.3 Å². The largest absolute Gasteiger partial charge is 0.327 e. The Morgan fingerprint density at radius 2 is 1.75 bits per heavy atom. The molecule has 0 aromatic carbocycles. The molecule has 0 amide bonds. The molecule has 6 unspecified atom stereocenters. The van der Waals surface area contributed by atoms with Crippen molar-refractivity contribution in [3.63, 3.8) is 0 Å². The Morgan fingerprint density at radius 1 is 1.00 bits per heavy atom. The summed E-state index contributed by atoms with van der Waals surface area (Å²) in [5.74, 6) is 4.45. The molecule has 2 aliphatic carbocycles. The average molecular weight is 278 g/mol. The zero-order valence-electron chi connectivity index (χ0n) is 13.6. The van der Waals surface area contributed by atoms with E-state index in [9.17, 15) is 0 Å². The first-order valence-corrected chi connectivity index (χ1v) is 9.11. The quantitative estimate of drug-likeness (QED) is 0.837. The Bertz CT molecular complexity index is 305.